The summed E-state index contributed by atoms with van der Waals surface area (Å²) in [5.74, 6) is 5.49. The third-order valence-corrected chi connectivity index (χ3v) is 1.15. The Morgan fingerprint density at radius 1 is 1.83 bits per heavy atom. The largest absolute Gasteiger partial charge is 0.275 e. The molecule has 1 aromatic heterocycles. The van der Waals surface area contributed by atoms with Gasteiger partial charge in [0.2, 0.25) is 0 Å². The molecule has 60 valence electrons. The quantitative estimate of drug-likeness (QED) is 0.263. The third kappa shape index (κ3) is 2.37. The summed E-state index contributed by atoms with van der Waals surface area (Å²) in [4.78, 5) is 2.57. The second kappa shape index (κ2) is 4.06. The van der Waals surface area contributed by atoms with Gasteiger partial charge in [-0.15, -0.1) is 0 Å². The number of aromatic nitrogens is 2. The molecule has 12 heavy (non-hydrogen) atoms. The van der Waals surface area contributed by atoms with E-state index in [4.69, 9.17) is 5.53 Å². The molecule has 1 aromatic rings. The lowest BCUT2D eigenvalue weighted by atomic mass is 10.4. The highest BCUT2D eigenvalue weighted by Gasteiger charge is 1.87. The molecule has 0 N–H and O–H groups in total. The van der Waals surface area contributed by atoms with Crippen molar-refractivity contribution in [1.29, 1.82) is 0 Å². The summed E-state index contributed by atoms with van der Waals surface area (Å²) in [6.07, 6.45) is 3.45. The van der Waals surface area contributed by atoms with Gasteiger partial charge in [-0.3, -0.25) is 4.68 Å². The van der Waals surface area contributed by atoms with Crippen molar-refractivity contribution >= 4 is 0 Å². The molecular formula is C7H7N5. The van der Waals surface area contributed by atoms with E-state index < -0.39 is 0 Å². The van der Waals surface area contributed by atoms with Gasteiger partial charge in [0.1, 0.15) is 0 Å². The van der Waals surface area contributed by atoms with Crippen molar-refractivity contribution in [3.8, 4) is 11.8 Å². The summed E-state index contributed by atoms with van der Waals surface area (Å²) in [6.45, 7) is 0.200. The van der Waals surface area contributed by atoms with Gasteiger partial charge in [-0.2, -0.15) is 5.10 Å². The first-order chi connectivity index (χ1) is 5.83. The van der Waals surface area contributed by atoms with Crippen LogP contribution in [0.3, 0.4) is 0 Å². The average molecular weight is 161 g/mol. The zero-order valence-corrected chi connectivity index (χ0v) is 6.60. The van der Waals surface area contributed by atoms with Crippen LogP contribution >= 0.6 is 0 Å². The van der Waals surface area contributed by atoms with E-state index in [0.717, 1.165) is 5.56 Å². The first kappa shape index (κ1) is 8.18. The van der Waals surface area contributed by atoms with Gasteiger partial charge in [-0.05, 0) is 5.53 Å². The zero-order valence-electron chi connectivity index (χ0n) is 6.60. The van der Waals surface area contributed by atoms with Crippen LogP contribution in [0.1, 0.15) is 5.56 Å². The molecule has 0 aliphatic carbocycles. The zero-order chi connectivity index (χ0) is 8.81. The van der Waals surface area contributed by atoms with E-state index in [-0.39, 0.29) is 6.54 Å². The standard InChI is InChI=1S/C7H7N5/c1-12-6-7(5-10-12)3-2-4-9-11-8/h5-6H,4H2,1H3. The lowest BCUT2D eigenvalue weighted by molar-refractivity contribution is 0.767. The van der Waals surface area contributed by atoms with Gasteiger partial charge in [-0.1, -0.05) is 17.0 Å². The molecule has 0 spiro atoms. The van der Waals surface area contributed by atoms with Crippen LogP contribution in [0.4, 0.5) is 0 Å². The molecule has 1 rings (SSSR count). The van der Waals surface area contributed by atoms with E-state index in [1.165, 1.54) is 0 Å². The first-order valence-electron chi connectivity index (χ1n) is 3.31. The second-order valence-electron chi connectivity index (χ2n) is 2.09. The van der Waals surface area contributed by atoms with Gasteiger partial charge in [-0.25, -0.2) is 0 Å². The van der Waals surface area contributed by atoms with Gasteiger partial charge in [0, 0.05) is 18.2 Å². The predicted octanol–water partition coefficient (Wildman–Crippen LogP) is 1.08. The number of rotatable bonds is 1. The minimum absolute atomic E-state index is 0.200. The molecule has 0 saturated heterocycles. The maximum absolute atomic E-state index is 7.94. The summed E-state index contributed by atoms with van der Waals surface area (Å²) in [5, 5.41) is 7.20. The van der Waals surface area contributed by atoms with Crippen molar-refractivity contribution < 1.29 is 0 Å². The Hall–Kier alpha value is -1.92. The number of hydrogen-bond acceptors (Lipinski definition) is 2. The fourth-order valence-corrected chi connectivity index (χ4v) is 0.694. The van der Waals surface area contributed by atoms with Crippen LogP contribution < -0.4 is 0 Å². The Bertz CT molecular complexity index is 361. The number of azide groups is 1. The summed E-state index contributed by atoms with van der Waals surface area (Å²) >= 11 is 0. The van der Waals surface area contributed by atoms with E-state index in [9.17, 15) is 0 Å². The lowest BCUT2D eigenvalue weighted by Gasteiger charge is -1.79. The molecule has 5 nitrogen and oxygen atoms in total. The number of aryl methyl sites for hydroxylation is 1. The smallest absolute Gasteiger partial charge is 0.0880 e. The molecule has 5 heteroatoms. The lowest BCUT2D eigenvalue weighted by Crippen LogP contribution is -1.83. The SMILES string of the molecule is Cn1cc(C#CCN=[N+]=[N-])cn1. The molecule has 0 radical (unpaired) electrons. The van der Waals surface area contributed by atoms with E-state index in [1.54, 1.807) is 17.1 Å². The monoisotopic (exact) mass is 161 g/mol. The van der Waals surface area contributed by atoms with Crippen molar-refractivity contribution in [3.63, 3.8) is 0 Å². The average Bonchev–Trinajstić information content (AvgIpc) is 2.45. The van der Waals surface area contributed by atoms with Crippen molar-refractivity contribution in [1.82, 2.24) is 9.78 Å². The van der Waals surface area contributed by atoms with Crippen LogP contribution in [-0.2, 0) is 7.05 Å². The Balaban J connectivity index is 2.60. The highest BCUT2D eigenvalue weighted by Crippen LogP contribution is 1.91. The fourth-order valence-electron chi connectivity index (χ4n) is 0.694. The fraction of sp³-hybridized carbons (Fsp3) is 0.286. The summed E-state index contributed by atoms with van der Waals surface area (Å²) in [6, 6.07) is 0. The van der Waals surface area contributed by atoms with Crippen LogP contribution in [0.15, 0.2) is 17.5 Å². The summed E-state index contributed by atoms with van der Waals surface area (Å²) in [7, 11) is 1.82. The van der Waals surface area contributed by atoms with Crippen LogP contribution in [0.2, 0.25) is 0 Å². The van der Waals surface area contributed by atoms with Gasteiger partial charge < -0.3 is 0 Å². The Morgan fingerprint density at radius 3 is 3.25 bits per heavy atom. The number of nitrogens with zero attached hydrogens (tertiary/aromatic N) is 5. The topological polar surface area (TPSA) is 66.6 Å². The molecule has 0 amide bonds. The van der Waals surface area contributed by atoms with Crippen molar-refractivity contribution in [2.45, 2.75) is 0 Å². The second-order valence-corrected chi connectivity index (χ2v) is 2.09. The van der Waals surface area contributed by atoms with Crippen LogP contribution in [0, 0.1) is 11.8 Å². The minimum Gasteiger partial charge on any atom is -0.275 e. The molecule has 0 aliphatic rings. The Morgan fingerprint density at radius 2 is 2.67 bits per heavy atom. The van der Waals surface area contributed by atoms with E-state index >= 15 is 0 Å². The Labute approximate surface area is 69.6 Å². The predicted molar refractivity (Wildman–Crippen MR) is 44.1 cm³/mol. The van der Waals surface area contributed by atoms with Gasteiger partial charge in [0.05, 0.1) is 18.3 Å². The van der Waals surface area contributed by atoms with E-state index in [0.29, 0.717) is 0 Å². The van der Waals surface area contributed by atoms with Crippen LogP contribution in [-0.4, -0.2) is 16.3 Å². The van der Waals surface area contributed by atoms with Crippen LogP contribution in [0.25, 0.3) is 10.4 Å². The molecule has 0 unspecified atom stereocenters. The molecule has 1 heterocycles. The highest BCUT2D eigenvalue weighted by molar-refractivity contribution is 5.29. The van der Waals surface area contributed by atoms with Gasteiger partial charge >= 0.3 is 0 Å². The molecule has 0 aliphatic heterocycles. The molecule has 0 saturated carbocycles. The highest BCUT2D eigenvalue weighted by atomic mass is 15.2. The third-order valence-electron chi connectivity index (χ3n) is 1.15. The molecule has 0 bridgehead atoms. The summed E-state index contributed by atoms with van der Waals surface area (Å²) in [5.41, 5.74) is 8.77. The van der Waals surface area contributed by atoms with Crippen LogP contribution in [0.5, 0.6) is 0 Å². The van der Waals surface area contributed by atoms with Gasteiger partial charge in [0.15, 0.2) is 0 Å². The van der Waals surface area contributed by atoms with E-state index in [1.807, 2.05) is 7.05 Å². The van der Waals surface area contributed by atoms with Crippen molar-refractivity contribution in [2.75, 3.05) is 6.54 Å². The summed E-state index contributed by atoms with van der Waals surface area (Å²) < 4.78 is 1.66. The van der Waals surface area contributed by atoms with Crippen molar-refractivity contribution in [3.05, 3.63) is 28.4 Å². The van der Waals surface area contributed by atoms with Gasteiger partial charge in [0.25, 0.3) is 0 Å². The maximum Gasteiger partial charge on any atom is 0.0880 e. The molecule has 0 atom stereocenters. The van der Waals surface area contributed by atoms with Crippen molar-refractivity contribution in [2.24, 2.45) is 12.2 Å². The Kier molecular flexibility index (Phi) is 2.77. The normalized spacial score (nSPS) is 8.08. The number of hydrogen-bond donors (Lipinski definition) is 0. The van der Waals surface area contributed by atoms with E-state index in [2.05, 4.69) is 27.0 Å². The molecular weight excluding hydrogens is 154 g/mol. The maximum atomic E-state index is 7.94. The molecule has 0 fully saturated rings. The molecule has 0 aromatic carbocycles. The minimum atomic E-state index is 0.200. The first-order valence-corrected chi connectivity index (χ1v) is 3.31.